The topological polar surface area (TPSA) is 126 Å². The Morgan fingerprint density at radius 2 is 1.58 bits per heavy atom. The lowest BCUT2D eigenvalue weighted by molar-refractivity contribution is 0.249. The number of pyridine rings is 2. The van der Waals surface area contributed by atoms with Crippen LogP contribution in [0.4, 0.5) is 11.6 Å². The molecule has 2 N–H and O–H groups in total. The maximum Gasteiger partial charge on any atom is 0.234 e. The Balaban J connectivity index is 1.17. The van der Waals surface area contributed by atoms with Crippen molar-refractivity contribution in [3.8, 4) is 34.4 Å². The standard InChI is InChI=1S/C33H28N10/c34-21-29-36-16-14-30(40-29)42-19-17-41(18-20-42)22-23-8-10-25(11-9-23)43-32(26-7-4-15-37-31(26)35)39-28-13-12-27(38-33(28)43)24-5-2-1-3-6-24/h1-16H,17-20,22H2,(H2,35,37). The second-order valence-electron chi connectivity index (χ2n) is 10.4. The van der Waals surface area contributed by atoms with Gasteiger partial charge >= 0.3 is 0 Å². The largest absolute Gasteiger partial charge is 0.383 e. The lowest BCUT2D eigenvalue weighted by atomic mass is 10.1. The molecule has 0 atom stereocenters. The highest BCUT2D eigenvalue weighted by Gasteiger charge is 2.21. The van der Waals surface area contributed by atoms with Crippen molar-refractivity contribution < 1.29 is 0 Å². The number of imidazole rings is 1. The smallest absolute Gasteiger partial charge is 0.234 e. The first-order chi connectivity index (χ1) is 21.2. The van der Waals surface area contributed by atoms with E-state index in [0.29, 0.717) is 11.6 Å². The third-order valence-electron chi connectivity index (χ3n) is 7.69. The molecule has 0 spiro atoms. The van der Waals surface area contributed by atoms with Gasteiger partial charge in [0, 0.05) is 56.4 Å². The van der Waals surface area contributed by atoms with Gasteiger partial charge in [-0.25, -0.2) is 24.9 Å². The van der Waals surface area contributed by atoms with Crippen molar-refractivity contribution in [2.45, 2.75) is 6.54 Å². The summed E-state index contributed by atoms with van der Waals surface area (Å²) in [5.74, 6) is 2.12. The summed E-state index contributed by atoms with van der Waals surface area (Å²) in [5.41, 5.74) is 12.7. The number of aromatic nitrogens is 6. The number of nitriles is 1. The summed E-state index contributed by atoms with van der Waals surface area (Å²) in [7, 11) is 0. The SMILES string of the molecule is N#Cc1nccc(N2CCN(Cc3ccc(-n4c(-c5cccnc5N)nc5ccc(-c6ccccc6)nc54)cc3)CC2)n1. The molecule has 2 aromatic carbocycles. The van der Waals surface area contributed by atoms with Gasteiger partial charge in [0.25, 0.3) is 0 Å². The van der Waals surface area contributed by atoms with E-state index in [4.69, 9.17) is 21.0 Å². The zero-order chi connectivity index (χ0) is 29.2. The first-order valence-electron chi connectivity index (χ1n) is 14.1. The average molecular weight is 565 g/mol. The molecule has 43 heavy (non-hydrogen) atoms. The molecule has 0 unspecified atom stereocenters. The van der Waals surface area contributed by atoms with E-state index in [0.717, 1.165) is 72.2 Å². The number of hydrogen-bond acceptors (Lipinski definition) is 9. The van der Waals surface area contributed by atoms with Crippen LogP contribution < -0.4 is 10.6 Å². The molecule has 10 nitrogen and oxygen atoms in total. The number of piperazine rings is 1. The van der Waals surface area contributed by atoms with Gasteiger partial charge in [0.1, 0.15) is 23.2 Å². The van der Waals surface area contributed by atoms with Gasteiger partial charge in [0.15, 0.2) is 11.5 Å². The summed E-state index contributed by atoms with van der Waals surface area (Å²) in [4.78, 5) is 27.3. The fourth-order valence-corrected chi connectivity index (χ4v) is 5.48. The number of nitrogens with zero attached hydrogens (tertiary/aromatic N) is 9. The molecule has 0 amide bonds. The second-order valence-corrected chi connectivity index (χ2v) is 10.4. The van der Waals surface area contributed by atoms with E-state index >= 15 is 0 Å². The van der Waals surface area contributed by atoms with E-state index in [1.165, 1.54) is 5.56 Å². The Kier molecular flexibility index (Phi) is 6.91. The highest BCUT2D eigenvalue weighted by Crippen LogP contribution is 2.32. The second kappa shape index (κ2) is 11.3. The maximum atomic E-state index is 9.12. The molecule has 5 heterocycles. The van der Waals surface area contributed by atoms with E-state index in [1.54, 1.807) is 12.4 Å². The predicted octanol–water partition coefficient (Wildman–Crippen LogP) is 4.72. The molecule has 10 heteroatoms. The molecule has 0 bridgehead atoms. The number of hydrogen-bond donors (Lipinski definition) is 1. The number of rotatable bonds is 6. The minimum atomic E-state index is 0.201. The molecule has 1 aliphatic heterocycles. The van der Waals surface area contributed by atoms with Crippen molar-refractivity contribution in [2.24, 2.45) is 0 Å². The van der Waals surface area contributed by atoms with Crippen molar-refractivity contribution in [1.82, 2.24) is 34.4 Å². The van der Waals surface area contributed by atoms with E-state index in [-0.39, 0.29) is 5.82 Å². The predicted molar refractivity (Wildman–Crippen MR) is 166 cm³/mol. The van der Waals surface area contributed by atoms with Gasteiger partial charge in [-0.15, -0.1) is 0 Å². The van der Waals surface area contributed by atoms with Gasteiger partial charge in [0.2, 0.25) is 5.82 Å². The molecule has 1 aliphatic rings. The van der Waals surface area contributed by atoms with Crippen LogP contribution in [0.2, 0.25) is 0 Å². The van der Waals surface area contributed by atoms with Crippen LogP contribution in [0.3, 0.4) is 0 Å². The van der Waals surface area contributed by atoms with Crippen molar-refractivity contribution in [2.75, 3.05) is 36.8 Å². The summed E-state index contributed by atoms with van der Waals surface area (Å²) in [5, 5.41) is 9.12. The van der Waals surface area contributed by atoms with Crippen molar-refractivity contribution in [3.05, 3.63) is 109 Å². The monoisotopic (exact) mass is 564 g/mol. The van der Waals surface area contributed by atoms with Crippen molar-refractivity contribution in [3.63, 3.8) is 0 Å². The zero-order valence-electron chi connectivity index (χ0n) is 23.4. The van der Waals surface area contributed by atoms with Crippen LogP contribution in [0.25, 0.3) is 39.5 Å². The molecule has 1 fully saturated rings. The Morgan fingerprint density at radius 1 is 0.767 bits per heavy atom. The third kappa shape index (κ3) is 5.25. The summed E-state index contributed by atoms with van der Waals surface area (Å²) in [6.45, 7) is 4.32. The normalized spacial score (nSPS) is 13.7. The molecule has 7 rings (SSSR count). The molecule has 6 aromatic rings. The molecular formula is C33H28N10. The first kappa shape index (κ1) is 26.3. The Bertz CT molecular complexity index is 1940. The van der Waals surface area contributed by atoms with Crippen LogP contribution in [-0.4, -0.2) is 60.6 Å². The molecule has 210 valence electrons. The van der Waals surface area contributed by atoms with Gasteiger partial charge in [-0.3, -0.25) is 9.47 Å². The molecule has 0 radical (unpaired) electrons. The zero-order valence-corrected chi connectivity index (χ0v) is 23.4. The summed E-state index contributed by atoms with van der Waals surface area (Å²) in [6.07, 6.45) is 3.33. The molecule has 0 saturated carbocycles. The quantitative estimate of drug-likeness (QED) is 0.306. The number of benzene rings is 2. The van der Waals surface area contributed by atoms with E-state index in [1.807, 2.05) is 54.6 Å². The lowest BCUT2D eigenvalue weighted by Crippen LogP contribution is -2.46. The molecule has 0 aliphatic carbocycles. The van der Waals surface area contributed by atoms with E-state index in [2.05, 4.69) is 65.7 Å². The number of fused-ring (bicyclic) bond motifs is 1. The fourth-order valence-electron chi connectivity index (χ4n) is 5.48. The molecular weight excluding hydrogens is 536 g/mol. The minimum Gasteiger partial charge on any atom is -0.383 e. The maximum absolute atomic E-state index is 9.12. The van der Waals surface area contributed by atoms with Crippen LogP contribution in [0.5, 0.6) is 0 Å². The number of nitrogen functional groups attached to an aromatic ring is 1. The van der Waals surface area contributed by atoms with Gasteiger partial charge < -0.3 is 10.6 Å². The molecule has 1 saturated heterocycles. The van der Waals surface area contributed by atoms with Crippen LogP contribution in [0.15, 0.2) is 97.3 Å². The van der Waals surface area contributed by atoms with Crippen LogP contribution in [0, 0.1) is 11.3 Å². The van der Waals surface area contributed by atoms with Gasteiger partial charge in [0.05, 0.1) is 11.3 Å². The third-order valence-corrected chi connectivity index (χ3v) is 7.69. The highest BCUT2D eigenvalue weighted by atomic mass is 15.3. The first-order valence-corrected chi connectivity index (χ1v) is 14.1. The number of anilines is 2. The fraction of sp³-hybridized carbons (Fsp3) is 0.152. The van der Waals surface area contributed by atoms with E-state index < -0.39 is 0 Å². The lowest BCUT2D eigenvalue weighted by Gasteiger charge is -2.35. The number of nitrogens with two attached hydrogens (primary N) is 1. The Labute approximate surface area is 248 Å². The highest BCUT2D eigenvalue weighted by molar-refractivity contribution is 5.84. The van der Waals surface area contributed by atoms with Crippen LogP contribution >= 0.6 is 0 Å². The van der Waals surface area contributed by atoms with Crippen LogP contribution in [-0.2, 0) is 6.54 Å². The summed E-state index contributed by atoms with van der Waals surface area (Å²) >= 11 is 0. The Morgan fingerprint density at radius 3 is 2.35 bits per heavy atom. The summed E-state index contributed by atoms with van der Waals surface area (Å²) < 4.78 is 2.06. The average Bonchev–Trinajstić information content (AvgIpc) is 3.44. The van der Waals surface area contributed by atoms with Gasteiger partial charge in [-0.2, -0.15) is 5.26 Å². The minimum absolute atomic E-state index is 0.201. The van der Waals surface area contributed by atoms with Crippen molar-refractivity contribution in [1.29, 1.82) is 5.26 Å². The molecule has 4 aromatic heterocycles. The van der Waals surface area contributed by atoms with Crippen LogP contribution in [0.1, 0.15) is 11.4 Å². The van der Waals surface area contributed by atoms with Crippen molar-refractivity contribution >= 4 is 22.8 Å². The van der Waals surface area contributed by atoms with Gasteiger partial charge in [-0.1, -0.05) is 42.5 Å². The van der Waals surface area contributed by atoms with E-state index in [9.17, 15) is 0 Å². The Hall–Kier alpha value is -5.66. The summed E-state index contributed by atoms with van der Waals surface area (Å²) in [6, 6.07) is 30.4. The van der Waals surface area contributed by atoms with Gasteiger partial charge in [-0.05, 0) is 48.0 Å².